The monoisotopic (exact) mass is 319 g/mol. The highest BCUT2D eigenvalue weighted by Gasteiger charge is 2.43. The highest BCUT2D eigenvalue weighted by atomic mass is 35.5. The second-order valence-corrected chi connectivity index (χ2v) is 5.45. The van der Waals surface area contributed by atoms with E-state index in [2.05, 4.69) is 0 Å². The van der Waals surface area contributed by atoms with Crippen LogP contribution in [0, 0.1) is 11.6 Å². The first-order valence-electron chi connectivity index (χ1n) is 6.01. The second-order valence-electron chi connectivity index (χ2n) is 5.04. The zero-order valence-electron chi connectivity index (χ0n) is 11.0. The van der Waals surface area contributed by atoms with Crippen molar-refractivity contribution in [1.82, 2.24) is 4.90 Å². The van der Waals surface area contributed by atoms with E-state index in [0.717, 1.165) is 12.1 Å². The molecule has 0 aliphatic carbocycles. The summed E-state index contributed by atoms with van der Waals surface area (Å²) in [5.41, 5.74) is -1.22. The van der Waals surface area contributed by atoms with Crippen molar-refractivity contribution < 1.29 is 28.2 Å². The molecule has 0 unspecified atom stereocenters. The van der Waals surface area contributed by atoms with Gasteiger partial charge in [-0.05, 0) is 19.1 Å². The Bertz CT molecular complexity index is 602. The normalized spacial score (nSPS) is 16.5. The van der Waals surface area contributed by atoms with Gasteiger partial charge in [0.1, 0.15) is 23.8 Å². The second kappa shape index (κ2) is 5.57. The fraction of sp³-hybridized carbons (Fsp3) is 0.385. The predicted octanol–water partition coefficient (Wildman–Crippen LogP) is 1.93. The molecule has 1 fully saturated rings. The first-order valence-corrected chi connectivity index (χ1v) is 6.39. The van der Waals surface area contributed by atoms with Crippen LogP contribution in [0.1, 0.15) is 17.3 Å². The lowest BCUT2D eigenvalue weighted by Gasteiger charge is -2.47. The summed E-state index contributed by atoms with van der Waals surface area (Å²) in [5, 5.41) is 8.13. The maximum atomic E-state index is 13.6. The third kappa shape index (κ3) is 3.30. The number of carboxylic acids is 1. The fourth-order valence-corrected chi connectivity index (χ4v) is 2.24. The predicted molar refractivity (Wildman–Crippen MR) is 69.3 cm³/mol. The zero-order chi connectivity index (χ0) is 15.8. The van der Waals surface area contributed by atoms with E-state index in [4.69, 9.17) is 21.4 Å². The van der Waals surface area contributed by atoms with Crippen molar-refractivity contribution in [3.05, 3.63) is 34.4 Å². The fourth-order valence-electron chi connectivity index (χ4n) is 2.09. The quantitative estimate of drug-likeness (QED) is 0.861. The number of carbonyl (C=O) groups excluding carboxylic acids is 1. The summed E-state index contributed by atoms with van der Waals surface area (Å²) in [6.07, 6.45) is 0. The smallest absolute Gasteiger partial charge is 0.329 e. The largest absolute Gasteiger partial charge is 0.480 e. The van der Waals surface area contributed by atoms with Gasteiger partial charge in [0.05, 0.1) is 23.7 Å². The Balaban J connectivity index is 2.04. The molecule has 5 nitrogen and oxygen atoms in total. The number of amides is 1. The van der Waals surface area contributed by atoms with Crippen molar-refractivity contribution in [3.8, 4) is 0 Å². The molecule has 1 saturated heterocycles. The number of nitrogens with zero attached hydrogens (tertiary/aromatic N) is 1. The standard InChI is InChI=1S/C13H12ClF2NO4/c1-13(21-4-11(18)19)5-17(6-13)12(20)7-2-10(16)8(14)3-9(7)15/h2-3H,4-6H2,1H3,(H,18,19). The van der Waals surface area contributed by atoms with E-state index in [0.29, 0.717) is 0 Å². The summed E-state index contributed by atoms with van der Waals surface area (Å²) >= 11 is 5.42. The Kier molecular flexibility index (Phi) is 4.15. The molecule has 1 amide bonds. The van der Waals surface area contributed by atoms with Crippen LogP contribution in [0.3, 0.4) is 0 Å². The summed E-state index contributed by atoms with van der Waals surface area (Å²) in [6.45, 7) is 1.35. The van der Waals surface area contributed by atoms with E-state index in [-0.39, 0.29) is 13.1 Å². The first-order chi connectivity index (χ1) is 9.72. The Morgan fingerprint density at radius 1 is 1.38 bits per heavy atom. The summed E-state index contributed by atoms with van der Waals surface area (Å²) in [4.78, 5) is 23.7. The Labute approximate surface area is 124 Å². The van der Waals surface area contributed by atoms with Crippen LogP contribution in [0.15, 0.2) is 12.1 Å². The van der Waals surface area contributed by atoms with Crippen molar-refractivity contribution in [2.24, 2.45) is 0 Å². The molecule has 0 spiro atoms. The summed E-state index contributed by atoms with van der Waals surface area (Å²) in [7, 11) is 0. The van der Waals surface area contributed by atoms with Crippen LogP contribution >= 0.6 is 11.6 Å². The van der Waals surface area contributed by atoms with Crippen molar-refractivity contribution in [1.29, 1.82) is 0 Å². The van der Waals surface area contributed by atoms with Crippen LogP contribution in [0.5, 0.6) is 0 Å². The molecule has 0 bridgehead atoms. The molecule has 1 heterocycles. The third-order valence-corrected chi connectivity index (χ3v) is 3.41. The SMILES string of the molecule is CC1(OCC(=O)O)CN(C(=O)c2cc(F)c(Cl)cc2F)C1. The molecule has 0 saturated carbocycles. The molecule has 1 aromatic carbocycles. The molecular formula is C13H12ClF2NO4. The Hall–Kier alpha value is -1.73. The van der Waals surface area contributed by atoms with Gasteiger partial charge in [-0.25, -0.2) is 13.6 Å². The molecular weight excluding hydrogens is 308 g/mol. The molecule has 8 heteroatoms. The molecule has 1 aliphatic rings. The third-order valence-electron chi connectivity index (χ3n) is 3.12. The van der Waals surface area contributed by atoms with Crippen molar-refractivity contribution in [3.63, 3.8) is 0 Å². The highest BCUT2D eigenvalue weighted by molar-refractivity contribution is 6.30. The van der Waals surface area contributed by atoms with Crippen LogP contribution in [0.4, 0.5) is 8.78 Å². The number of rotatable bonds is 4. The van der Waals surface area contributed by atoms with Crippen LogP contribution in [0.2, 0.25) is 5.02 Å². The highest BCUT2D eigenvalue weighted by Crippen LogP contribution is 2.28. The number of aliphatic carboxylic acids is 1. The van der Waals surface area contributed by atoms with Gasteiger partial charge < -0.3 is 14.7 Å². The minimum Gasteiger partial charge on any atom is -0.480 e. The number of carbonyl (C=O) groups is 2. The van der Waals surface area contributed by atoms with Gasteiger partial charge in [0.2, 0.25) is 0 Å². The zero-order valence-corrected chi connectivity index (χ0v) is 11.8. The van der Waals surface area contributed by atoms with Gasteiger partial charge >= 0.3 is 5.97 Å². The minimum atomic E-state index is -1.12. The van der Waals surface area contributed by atoms with Crippen molar-refractivity contribution in [2.75, 3.05) is 19.7 Å². The Morgan fingerprint density at radius 2 is 2.00 bits per heavy atom. The molecule has 1 N–H and O–H groups in total. The maximum Gasteiger partial charge on any atom is 0.329 e. The lowest BCUT2D eigenvalue weighted by atomic mass is 9.95. The summed E-state index contributed by atoms with van der Waals surface area (Å²) < 4.78 is 32.1. The number of carboxylic acid groups (broad SMARTS) is 1. The Morgan fingerprint density at radius 3 is 2.57 bits per heavy atom. The molecule has 21 heavy (non-hydrogen) atoms. The number of benzene rings is 1. The van der Waals surface area contributed by atoms with Crippen molar-refractivity contribution >= 4 is 23.5 Å². The molecule has 1 aromatic rings. The van der Waals surface area contributed by atoms with Crippen molar-refractivity contribution in [2.45, 2.75) is 12.5 Å². The lowest BCUT2D eigenvalue weighted by molar-refractivity contribution is -0.159. The molecule has 1 aliphatic heterocycles. The van der Waals surface area contributed by atoms with E-state index in [9.17, 15) is 18.4 Å². The topological polar surface area (TPSA) is 66.8 Å². The van der Waals surface area contributed by atoms with Gasteiger partial charge in [-0.3, -0.25) is 4.79 Å². The minimum absolute atomic E-state index is 0.1000. The van der Waals surface area contributed by atoms with E-state index >= 15 is 0 Å². The molecule has 0 atom stereocenters. The van der Waals surface area contributed by atoms with E-state index < -0.39 is 46.3 Å². The van der Waals surface area contributed by atoms with Crippen LogP contribution in [-0.4, -0.2) is 47.2 Å². The number of hydrogen-bond acceptors (Lipinski definition) is 3. The van der Waals surface area contributed by atoms with Crippen LogP contribution < -0.4 is 0 Å². The maximum absolute atomic E-state index is 13.6. The average Bonchev–Trinajstić information content (AvgIpc) is 2.36. The van der Waals surface area contributed by atoms with Gasteiger partial charge in [0.15, 0.2) is 0 Å². The number of likely N-dealkylation sites (tertiary alicyclic amines) is 1. The molecule has 0 aromatic heterocycles. The van der Waals surface area contributed by atoms with E-state index in [1.165, 1.54) is 4.90 Å². The summed E-state index contributed by atoms with van der Waals surface area (Å²) in [5.74, 6) is -3.61. The number of halogens is 3. The average molecular weight is 320 g/mol. The lowest BCUT2D eigenvalue weighted by Crippen LogP contribution is -2.63. The molecule has 0 radical (unpaired) electrons. The first kappa shape index (κ1) is 15.7. The van der Waals surface area contributed by atoms with Crippen LogP contribution in [-0.2, 0) is 9.53 Å². The molecule has 2 rings (SSSR count). The number of hydrogen-bond donors (Lipinski definition) is 1. The number of ether oxygens (including phenoxy) is 1. The van der Waals surface area contributed by atoms with Crippen LogP contribution in [0.25, 0.3) is 0 Å². The van der Waals surface area contributed by atoms with Gasteiger partial charge in [0, 0.05) is 0 Å². The van der Waals surface area contributed by atoms with E-state index in [1.807, 2.05) is 0 Å². The summed E-state index contributed by atoms with van der Waals surface area (Å²) in [6, 6.07) is 1.48. The molecule has 114 valence electrons. The van der Waals surface area contributed by atoms with Gasteiger partial charge in [-0.2, -0.15) is 0 Å². The van der Waals surface area contributed by atoms with Gasteiger partial charge in [-0.15, -0.1) is 0 Å². The van der Waals surface area contributed by atoms with Gasteiger partial charge in [-0.1, -0.05) is 11.6 Å². The van der Waals surface area contributed by atoms with E-state index in [1.54, 1.807) is 6.92 Å². The van der Waals surface area contributed by atoms with Gasteiger partial charge in [0.25, 0.3) is 5.91 Å².